The SMILES string of the molecule is CCOC(=O)c1cnn2c(N(C)Cc3ccccc3)cc(-c3c[nH]c4ncccc34)cc12. The number of rotatable bonds is 6. The number of aromatic nitrogens is 4. The lowest BCUT2D eigenvalue weighted by atomic mass is 10.1. The van der Waals surface area contributed by atoms with Gasteiger partial charge in [-0.15, -0.1) is 0 Å². The molecular weight excluding hydrogens is 402 g/mol. The number of nitrogens with zero attached hydrogens (tertiary/aromatic N) is 4. The molecule has 0 saturated carbocycles. The van der Waals surface area contributed by atoms with Gasteiger partial charge in [0.2, 0.25) is 0 Å². The summed E-state index contributed by atoms with van der Waals surface area (Å²) in [6.45, 7) is 2.81. The van der Waals surface area contributed by atoms with Gasteiger partial charge in [0.15, 0.2) is 0 Å². The number of benzene rings is 1. The Morgan fingerprint density at radius 3 is 2.81 bits per heavy atom. The molecule has 5 aromatic rings. The van der Waals surface area contributed by atoms with E-state index >= 15 is 0 Å². The van der Waals surface area contributed by atoms with Crippen LogP contribution >= 0.6 is 0 Å². The summed E-state index contributed by atoms with van der Waals surface area (Å²) < 4.78 is 7.07. The van der Waals surface area contributed by atoms with Crippen LogP contribution in [-0.4, -0.2) is 39.2 Å². The van der Waals surface area contributed by atoms with Crippen LogP contribution in [0.2, 0.25) is 0 Å². The Morgan fingerprint density at radius 2 is 2.00 bits per heavy atom. The molecule has 0 unspecified atom stereocenters. The fourth-order valence-corrected chi connectivity index (χ4v) is 4.00. The van der Waals surface area contributed by atoms with Gasteiger partial charge in [-0.05, 0) is 42.3 Å². The highest BCUT2D eigenvalue weighted by atomic mass is 16.5. The van der Waals surface area contributed by atoms with Crippen LogP contribution in [0.5, 0.6) is 0 Å². The van der Waals surface area contributed by atoms with E-state index in [9.17, 15) is 4.79 Å². The maximum atomic E-state index is 12.6. The maximum absolute atomic E-state index is 12.6. The molecule has 0 fully saturated rings. The van der Waals surface area contributed by atoms with Crippen molar-refractivity contribution >= 4 is 28.3 Å². The number of esters is 1. The van der Waals surface area contributed by atoms with Crippen LogP contribution in [0, 0.1) is 0 Å². The first-order valence-electron chi connectivity index (χ1n) is 10.5. The number of carbonyl (C=O) groups is 1. The van der Waals surface area contributed by atoms with Gasteiger partial charge < -0.3 is 14.6 Å². The van der Waals surface area contributed by atoms with Crippen molar-refractivity contribution in [2.75, 3.05) is 18.6 Å². The van der Waals surface area contributed by atoms with E-state index in [4.69, 9.17) is 4.74 Å². The molecule has 1 N–H and O–H groups in total. The summed E-state index contributed by atoms with van der Waals surface area (Å²) in [7, 11) is 2.02. The topological polar surface area (TPSA) is 75.5 Å². The van der Waals surface area contributed by atoms with E-state index < -0.39 is 0 Å². The molecule has 7 heteroatoms. The zero-order chi connectivity index (χ0) is 22.1. The number of fused-ring (bicyclic) bond motifs is 2. The van der Waals surface area contributed by atoms with Gasteiger partial charge in [0.05, 0.1) is 18.3 Å². The second kappa shape index (κ2) is 8.19. The third kappa shape index (κ3) is 3.47. The molecule has 1 aromatic carbocycles. The van der Waals surface area contributed by atoms with Crippen LogP contribution < -0.4 is 4.90 Å². The number of aromatic amines is 1. The van der Waals surface area contributed by atoms with Crippen LogP contribution in [0.25, 0.3) is 27.7 Å². The lowest BCUT2D eigenvalue weighted by molar-refractivity contribution is 0.0528. The highest BCUT2D eigenvalue weighted by molar-refractivity contribution is 6.00. The predicted octanol–water partition coefficient (Wildman–Crippen LogP) is 4.69. The van der Waals surface area contributed by atoms with E-state index in [1.165, 1.54) is 5.56 Å². The normalized spacial score (nSPS) is 11.2. The number of ether oxygens (including phenoxy) is 1. The molecule has 5 rings (SSSR count). The molecule has 0 aliphatic carbocycles. The lowest BCUT2D eigenvalue weighted by Crippen LogP contribution is -2.19. The summed E-state index contributed by atoms with van der Waals surface area (Å²) in [5, 5.41) is 5.54. The minimum absolute atomic E-state index is 0.310. The minimum atomic E-state index is -0.378. The zero-order valence-corrected chi connectivity index (χ0v) is 17.9. The molecule has 160 valence electrons. The molecule has 7 nitrogen and oxygen atoms in total. The van der Waals surface area contributed by atoms with Crippen LogP contribution in [0.4, 0.5) is 5.82 Å². The third-order valence-corrected chi connectivity index (χ3v) is 5.51. The van der Waals surface area contributed by atoms with E-state index in [0.29, 0.717) is 24.2 Å². The average Bonchev–Trinajstić information content (AvgIpc) is 3.43. The van der Waals surface area contributed by atoms with Gasteiger partial charge in [0.1, 0.15) is 17.0 Å². The van der Waals surface area contributed by atoms with Crippen molar-refractivity contribution in [2.45, 2.75) is 13.5 Å². The van der Waals surface area contributed by atoms with Gasteiger partial charge >= 0.3 is 5.97 Å². The van der Waals surface area contributed by atoms with Gasteiger partial charge in [-0.3, -0.25) is 0 Å². The van der Waals surface area contributed by atoms with Crippen LogP contribution in [0.3, 0.4) is 0 Å². The van der Waals surface area contributed by atoms with Gasteiger partial charge in [-0.25, -0.2) is 14.3 Å². The Labute approximate surface area is 185 Å². The molecule has 0 spiro atoms. The molecular formula is C25H23N5O2. The number of hydrogen-bond acceptors (Lipinski definition) is 5. The molecule has 0 radical (unpaired) electrons. The third-order valence-electron chi connectivity index (χ3n) is 5.51. The summed E-state index contributed by atoms with van der Waals surface area (Å²) in [6, 6.07) is 18.3. The molecule has 0 aliphatic heterocycles. The first-order valence-corrected chi connectivity index (χ1v) is 10.5. The molecule has 4 aromatic heterocycles. The van der Waals surface area contributed by atoms with E-state index in [1.807, 2.05) is 49.6 Å². The Hall–Kier alpha value is -4.13. The Morgan fingerprint density at radius 1 is 1.16 bits per heavy atom. The molecule has 0 amide bonds. The van der Waals surface area contributed by atoms with Crippen molar-refractivity contribution < 1.29 is 9.53 Å². The standard InChI is InChI=1S/C25H23N5O2/c1-3-32-25(31)21-15-28-30-22(21)12-18(20-14-27-24-19(20)10-7-11-26-24)13-23(30)29(2)16-17-8-5-4-6-9-17/h4-15H,3,16H2,1-2H3,(H,26,27). The van der Waals surface area contributed by atoms with Crippen molar-refractivity contribution in [2.24, 2.45) is 0 Å². The van der Waals surface area contributed by atoms with Crippen LogP contribution in [0.1, 0.15) is 22.8 Å². The predicted molar refractivity (Wildman–Crippen MR) is 125 cm³/mol. The smallest absolute Gasteiger partial charge is 0.341 e. The fraction of sp³-hybridized carbons (Fsp3) is 0.160. The summed E-state index contributed by atoms with van der Waals surface area (Å²) in [6.07, 6.45) is 5.29. The number of carbonyl (C=O) groups excluding carboxylic acids is 1. The molecule has 0 atom stereocenters. The Kier molecular flexibility index (Phi) is 5.07. The second-order valence-corrected chi connectivity index (χ2v) is 7.62. The average molecular weight is 425 g/mol. The second-order valence-electron chi connectivity index (χ2n) is 7.62. The number of pyridine rings is 2. The summed E-state index contributed by atoms with van der Waals surface area (Å²) in [5.41, 5.74) is 5.14. The van der Waals surface area contributed by atoms with Gasteiger partial charge in [-0.2, -0.15) is 5.10 Å². The summed E-state index contributed by atoms with van der Waals surface area (Å²) in [5.74, 6) is 0.493. The lowest BCUT2D eigenvalue weighted by Gasteiger charge is -2.21. The monoisotopic (exact) mass is 425 g/mol. The highest BCUT2D eigenvalue weighted by Crippen LogP contribution is 2.33. The Balaban J connectivity index is 1.68. The van der Waals surface area contributed by atoms with Gasteiger partial charge in [0, 0.05) is 36.9 Å². The molecule has 0 aliphatic rings. The maximum Gasteiger partial charge on any atom is 0.341 e. The van der Waals surface area contributed by atoms with Crippen molar-refractivity contribution in [1.82, 2.24) is 19.6 Å². The van der Waals surface area contributed by atoms with E-state index in [0.717, 1.165) is 28.0 Å². The number of nitrogens with one attached hydrogen (secondary N) is 1. The van der Waals surface area contributed by atoms with Crippen molar-refractivity contribution in [1.29, 1.82) is 0 Å². The van der Waals surface area contributed by atoms with Crippen LogP contribution in [0.15, 0.2) is 73.2 Å². The van der Waals surface area contributed by atoms with Gasteiger partial charge in [0.25, 0.3) is 0 Å². The first kappa shape index (κ1) is 19.8. The largest absolute Gasteiger partial charge is 0.462 e. The quantitative estimate of drug-likeness (QED) is 0.400. The van der Waals surface area contributed by atoms with Crippen molar-refractivity contribution in [3.63, 3.8) is 0 Å². The highest BCUT2D eigenvalue weighted by Gasteiger charge is 2.20. The van der Waals surface area contributed by atoms with E-state index in [1.54, 1.807) is 23.8 Å². The summed E-state index contributed by atoms with van der Waals surface area (Å²) in [4.78, 5) is 22.4. The summed E-state index contributed by atoms with van der Waals surface area (Å²) >= 11 is 0. The number of hydrogen-bond donors (Lipinski definition) is 1. The van der Waals surface area contributed by atoms with Crippen LogP contribution in [-0.2, 0) is 11.3 Å². The minimum Gasteiger partial charge on any atom is -0.462 e. The fourth-order valence-electron chi connectivity index (χ4n) is 4.00. The van der Waals surface area contributed by atoms with E-state index in [-0.39, 0.29) is 5.97 Å². The first-order chi connectivity index (χ1) is 15.7. The van der Waals surface area contributed by atoms with E-state index in [2.05, 4.69) is 38.2 Å². The molecule has 4 heterocycles. The molecule has 0 bridgehead atoms. The van der Waals surface area contributed by atoms with Gasteiger partial charge in [-0.1, -0.05) is 30.3 Å². The number of H-pyrrole nitrogens is 1. The zero-order valence-electron chi connectivity index (χ0n) is 17.9. The molecule has 32 heavy (non-hydrogen) atoms. The number of anilines is 1. The van der Waals surface area contributed by atoms with Crippen molar-refractivity contribution in [3.05, 3.63) is 84.3 Å². The molecule has 0 saturated heterocycles. The Bertz CT molecular complexity index is 1400. The van der Waals surface area contributed by atoms with Crippen molar-refractivity contribution in [3.8, 4) is 11.1 Å².